The molecule has 2 nitrogen and oxygen atoms in total. The fraction of sp³-hybridized carbons (Fsp3) is 0.188. The molecule has 1 N–H and O–H groups in total. The van der Waals surface area contributed by atoms with Crippen LogP contribution < -0.4 is 5.32 Å². The van der Waals surface area contributed by atoms with E-state index in [1.54, 1.807) is 6.07 Å². The van der Waals surface area contributed by atoms with Gasteiger partial charge in [0.25, 0.3) is 0 Å². The average Bonchev–Trinajstić information content (AvgIpc) is 2.41. The standard InChI is InChI=1S/C16H15FN2/c1-11-5-3-4-6-15(11)12(2)19-16-8-7-14(17)9-13(16)10-18/h3-9,12,19H,1-2H3. The van der Waals surface area contributed by atoms with E-state index in [0.717, 1.165) is 5.56 Å². The van der Waals surface area contributed by atoms with Crippen LogP contribution in [0.3, 0.4) is 0 Å². The number of aryl methyl sites for hydroxylation is 1. The molecule has 0 amide bonds. The summed E-state index contributed by atoms with van der Waals surface area (Å²) in [7, 11) is 0. The summed E-state index contributed by atoms with van der Waals surface area (Å²) in [6.07, 6.45) is 0. The molecule has 0 saturated carbocycles. The summed E-state index contributed by atoms with van der Waals surface area (Å²) in [5, 5.41) is 12.3. The number of halogens is 1. The minimum atomic E-state index is -0.398. The number of rotatable bonds is 3. The van der Waals surface area contributed by atoms with Gasteiger partial charge in [-0.05, 0) is 43.2 Å². The maximum Gasteiger partial charge on any atom is 0.124 e. The number of benzene rings is 2. The highest BCUT2D eigenvalue weighted by Crippen LogP contribution is 2.24. The maximum atomic E-state index is 13.1. The first kappa shape index (κ1) is 13.1. The van der Waals surface area contributed by atoms with Crippen molar-refractivity contribution in [1.29, 1.82) is 5.26 Å². The molecule has 96 valence electrons. The average molecular weight is 254 g/mol. The molecule has 2 aromatic rings. The van der Waals surface area contributed by atoms with Crippen LogP contribution in [0.15, 0.2) is 42.5 Å². The van der Waals surface area contributed by atoms with Gasteiger partial charge in [-0.25, -0.2) is 4.39 Å². The van der Waals surface area contributed by atoms with Crippen molar-refractivity contribution in [3.8, 4) is 6.07 Å². The quantitative estimate of drug-likeness (QED) is 0.891. The van der Waals surface area contributed by atoms with Crippen LogP contribution in [-0.2, 0) is 0 Å². The van der Waals surface area contributed by atoms with Gasteiger partial charge in [0, 0.05) is 6.04 Å². The zero-order valence-electron chi connectivity index (χ0n) is 10.9. The Bertz CT molecular complexity index is 629. The molecule has 1 atom stereocenters. The van der Waals surface area contributed by atoms with Crippen molar-refractivity contribution in [2.45, 2.75) is 19.9 Å². The van der Waals surface area contributed by atoms with Gasteiger partial charge in [-0.2, -0.15) is 5.26 Å². The summed E-state index contributed by atoms with van der Waals surface area (Å²) in [6, 6.07) is 14.3. The van der Waals surface area contributed by atoms with Crippen molar-refractivity contribution in [3.63, 3.8) is 0 Å². The smallest absolute Gasteiger partial charge is 0.124 e. The third-order valence-electron chi connectivity index (χ3n) is 3.13. The van der Waals surface area contributed by atoms with E-state index in [-0.39, 0.29) is 6.04 Å². The van der Waals surface area contributed by atoms with E-state index in [2.05, 4.69) is 5.32 Å². The topological polar surface area (TPSA) is 35.8 Å². The Balaban J connectivity index is 2.27. The Hall–Kier alpha value is -2.34. The fourth-order valence-electron chi connectivity index (χ4n) is 2.12. The Labute approximate surface area is 112 Å². The van der Waals surface area contributed by atoms with Crippen molar-refractivity contribution in [2.75, 3.05) is 5.32 Å². The normalized spacial score (nSPS) is 11.7. The maximum absolute atomic E-state index is 13.1. The second kappa shape index (κ2) is 5.53. The van der Waals surface area contributed by atoms with E-state index in [9.17, 15) is 4.39 Å². The molecule has 2 aromatic carbocycles. The highest BCUT2D eigenvalue weighted by molar-refractivity contribution is 5.58. The second-order valence-electron chi connectivity index (χ2n) is 4.52. The van der Waals surface area contributed by atoms with E-state index >= 15 is 0 Å². The Morgan fingerprint density at radius 3 is 2.63 bits per heavy atom. The monoisotopic (exact) mass is 254 g/mol. The van der Waals surface area contributed by atoms with Gasteiger partial charge in [0.2, 0.25) is 0 Å². The first-order valence-electron chi connectivity index (χ1n) is 6.13. The van der Waals surface area contributed by atoms with Gasteiger partial charge in [-0.1, -0.05) is 24.3 Å². The highest BCUT2D eigenvalue weighted by Gasteiger charge is 2.10. The Kier molecular flexibility index (Phi) is 3.82. The van der Waals surface area contributed by atoms with Crippen LogP contribution in [0.2, 0.25) is 0 Å². The minimum Gasteiger partial charge on any atom is -0.377 e. The number of anilines is 1. The molecule has 0 saturated heterocycles. The zero-order valence-corrected chi connectivity index (χ0v) is 10.9. The predicted molar refractivity (Wildman–Crippen MR) is 74.3 cm³/mol. The lowest BCUT2D eigenvalue weighted by atomic mass is 10.0. The summed E-state index contributed by atoms with van der Waals surface area (Å²) in [5.74, 6) is -0.398. The summed E-state index contributed by atoms with van der Waals surface area (Å²) >= 11 is 0. The molecule has 0 aromatic heterocycles. The molecule has 1 unspecified atom stereocenters. The fourth-order valence-corrected chi connectivity index (χ4v) is 2.12. The summed E-state index contributed by atoms with van der Waals surface area (Å²) in [5.41, 5.74) is 3.32. The molecule has 0 aliphatic carbocycles. The number of nitriles is 1. The molecule has 0 heterocycles. The Morgan fingerprint density at radius 1 is 1.21 bits per heavy atom. The third-order valence-corrected chi connectivity index (χ3v) is 3.13. The van der Waals surface area contributed by atoms with Crippen LogP contribution in [0.1, 0.15) is 29.7 Å². The molecular formula is C16H15FN2. The molecule has 0 aliphatic rings. The zero-order chi connectivity index (χ0) is 13.8. The van der Waals surface area contributed by atoms with Gasteiger partial charge in [0.1, 0.15) is 11.9 Å². The van der Waals surface area contributed by atoms with Crippen molar-refractivity contribution in [2.24, 2.45) is 0 Å². The molecule has 0 aliphatic heterocycles. The van der Waals surface area contributed by atoms with E-state index in [4.69, 9.17) is 5.26 Å². The Morgan fingerprint density at radius 2 is 1.95 bits per heavy atom. The van der Waals surface area contributed by atoms with E-state index < -0.39 is 5.82 Å². The molecule has 0 spiro atoms. The molecule has 19 heavy (non-hydrogen) atoms. The van der Waals surface area contributed by atoms with Crippen LogP contribution in [0, 0.1) is 24.1 Å². The lowest BCUT2D eigenvalue weighted by Gasteiger charge is -2.18. The van der Waals surface area contributed by atoms with Gasteiger partial charge in [-0.15, -0.1) is 0 Å². The minimum absolute atomic E-state index is 0.0544. The van der Waals surface area contributed by atoms with Crippen LogP contribution in [0.25, 0.3) is 0 Å². The van der Waals surface area contributed by atoms with Crippen LogP contribution in [0.4, 0.5) is 10.1 Å². The van der Waals surface area contributed by atoms with Gasteiger partial charge in [-0.3, -0.25) is 0 Å². The summed E-state index contributed by atoms with van der Waals surface area (Å²) in [6.45, 7) is 4.07. The number of nitrogens with one attached hydrogen (secondary N) is 1. The van der Waals surface area contributed by atoms with Gasteiger partial charge < -0.3 is 5.32 Å². The molecule has 0 bridgehead atoms. The summed E-state index contributed by atoms with van der Waals surface area (Å²) in [4.78, 5) is 0. The summed E-state index contributed by atoms with van der Waals surface area (Å²) < 4.78 is 13.1. The molecule has 0 radical (unpaired) electrons. The predicted octanol–water partition coefficient (Wildman–Crippen LogP) is 4.18. The van der Waals surface area contributed by atoms with Crippen molar-refractivity contribution in [3.05, 3.63) is 65.0 Å². The van der Waals surface area contributed by atoms with Gasteiger partial charge >= 0.3 is 0 Å². The van der Waals surface area contributed by atoms with Crippen molar-refractivity contribution < 1.29 is 4.39 Å². The van der Waals surface area contributed by atoms with Crippen LogP contribution >= 0.6 is 0 Å². The third kappa shape index (κ3) is 2.92. The van der Waals surface area contributed by atoms with Gasteiger partial charge in [0.15, 0.2) is 0 Å². The lowest BCUT2D eigenvalue weighted by molar-refractivity contribution is 0.627. The second-order valence-corrected chi connectivity index (χ2v) is 4.52. The van der Waals surface area contributed by atoms with E-state index in [0.29, 0.717) is 11.3 Å². The van der Waals surface area contributed by atoms with E-state index in [1.165, 1.54) is 17.7 Å². The molecule has 0 fully saturated rings. The van der Waals surface area contributed by atoms with Crippen LogP contribution in [0.5, 0.6) is 0 Å². The van der Waals surface area contributed by atoms with E-state index in [1.807, 2.05) is 44.2 Å². The number of hydrogen-bond donors (Lipinski definition) is 1. The molecular weight excluding hydrogens is 239 g/mol. The number of hydrogen-bond acceptors (Lipinski definition) is 2. The van der Waals surface area contributed by atoms with Gasteiger partial charge in [0.05, 0.1) is 11.3 Å². The lowest BCUT2D eigenvalue weighted by Crippen LogP contribution is -2.09. The molecule has 2 rings (SSSR count). The van der Waals surface area contributed by atoms with Crippen molar-refractivity contribution >= 4 is 5.69 Å². The first-order chi connectivity index (χ1) is 9.11. The highest BCUT2D eigenvalue weighted by atomic mass is 19.1. The first-order valence-corrected chi connectivity index (χ1v) is 6.13. The van der Waals surface area contributed by atoms with Crippen LogP contribution in [-0.4, -0.2) is 0 Å². The van der Waals surface area contributed by atoms with Crippen molar-refractivity contribution in [1.82, 2.24) is 0 Å². The SMILES string of the molecule is Cc1ccccc1C(C)Nc1ccc(F)cc1C#N. The largest absolute Gasteiger partial charge is 0.377 e. The molecule has 3 heteroatoms. The number of nitrogens with zero attached hydrogens (tertiary/aromatic N) is 1.